The number of anilines is 3. The van der Waals surface area contributed by atoms with Crippen LogP contribution >= 0.6 is 22.6 Å². The van der Waals surface area contributed by atoms with Crippen molar-refractivity contribution in [2.45, 2.75) is 0 Å². The van der Waals surface area contributed by atoms with Crippen molar-refractivity contribution >= 4 is 39.8 Å². The van der Waals surface area contributed by atoms with Crippen LogP contribution in [0.2, 0.25) is 0 Å². The summed E-state index contributed by atoms with van der Waals surface area (Å²) in [5.74, 6) is 1.02. The van der Waals surface area contributed by atoms with Crippen molar-refractivity contribution < 1.29 is 0 Å². The van der Waals surface area contributed by atoms with Crippen molar-refractivity contribution in [1.82, 2.24) is 15.0 Å². The molecule has 1 fully saturated rings. The Morgan fingerprint density at radius 2 is 1.80 bits per heavy atom. The molecule has 2 aromatic heterocycles. The van der Waals surface area contributed by atoms with Crippen LogP contribution in [-0.2, 0) is 0 Å². The van der Waals surface area contributed by atoms with Crippen LogP contribution in [-0.4, -0.2) is 41.1 Å². The predicted molar refractivity (Wildman–Crippen MR) is 87.8 cm³/mol. The van der Waals surface area contributed by atoms with Crippen molar-refractivity contribution in [3.63, 3.8) is 0 Å². The van der Waals surface area contributed by atoms with E-state index in [0.717, 1.165) is 46.9 Å². The normalized spacial score (nSPS) is 15.4. The van der Waals surface area contributed by atoms with Gasteiger partial charge in [0.2, 0.25) is 0 Å². The Labute approximate surface area is 131 Å². The molecule has 0 amide bonds. The van der Waals surface area contributed by atoms with Crippen LogP contribution in [0.4, 0.5) is 17.2 Å². The van der Waals surface area contributed by atoms with E-state index in [-0.39, 0.29) is 0 Å². The molecular weight excluding hydrogens is 367 g/mol. The highest BCUT2D eigenvalue weighted by molar-refractivity contribution is 14.1. The number of pyridine rings is 1. The molecule has 0 radical (unpaired) electrons. The quantitative estimate of drug-likeness (QED) is 0.792. The van der Waals surface area contributed by atoms with Gasteiger partial charge in [0.25, 0.3) is 0 Å². The summed E-state index contributed by atoms with van der Waals surface area (Å²) in [6.07, 6.45) is 6.93. The minimum Gasteiger partial charge on any atom is -0.396 e. The zero-order chi connectivity index (χ0) is 13.9. The van der Waals surface area contributed by atoms with Crippen LogP contribution in [0.15, 0.2) is 31.0 Å². The second kappa shape index (κ2) is 5.78. The van der Waals surface area contributed by atoms with Gasteiger partial charge in [0, 0.05) is 38.6 Å². The molecule has 2 N–H and O–H groups in total. The van der Waals surface area contributed by atoms with Crippen molar-refractivity contribution in [2.24, 2.45) is 0 Å². The largest absolute Gasteiger partial charge is 0.396 e. The van der Waals surface area contributed by atoms with Crippen LogP contribution in [0.3, 0.4) is 0 Å². The van der Waals surface area contributed by atoms with Crippen LogP contribution < -0.4 is 15.5 Å². The van der Waals surface area contributed by atoms with E-state index in [9.17, 15) is 0 Å². The molecule has 1 aliphatic rings. The molecule has 20 heavy (non-hydrogen) atoms. The Balaban J connectivity index is 1.72. The number of nitrogens with zero attached hydrogens (tertiary/aromatic N) is 5. The molecule has 7 heteroatoms. The molecule has 0 saturated carbocycles. The second-order valence-corrected chi connectivity index (χ2v) is 5.77. The Hall–Kier alpha value is -1.64. The first-order valence-corrected chi connectivity index (χ1v) is 7.48. The topological polar surface area (TPSA) is 71.2 Å². The second-order valence-electron chi connectivity index (χ2n) is 4.60. The summed E-state index contributed by atoms with van der Waals surface area (Å²) in [5, 5.41) is 0. The summed E-state index contributed by atoms with van der Waals surface area (Å²) in [6, 6.07) is 1.97. The highest BCUT2D eigenvalue weighted by atomic mass is 127. The van der Waals surface area contributed by atoms with Crippen LogP contribution in [0.5, 0.6) is 0 Å². The third-order valence-electron chi connectivity index (χ3n) is 3.40. The molecule has 0 bridgehead atoms. The number of hydrogen-bond acceptors (Lipinski definition) is 6. The van der Waals surface area contributed by atoms with E-state index >= 15 is 0 Å². The molecule has 1 saturated heterocycles. The molecule has 1 aliphatic heterocycles. The van der Waals surface area contributed by atoms with Crippen molar-refractivity contribution in [3.8, 4) is 0 Å². The molecule has 0 unspecified atom stereocenters. The van der Waals surface area contributed by atoms with Gasteiger partial charge in [-0.25, -0.2) is 9.97 Å². The third kappa shape index (κ3) is 2.62. The third-order valence-corrected chi connectivity index (χ3v) is 4.16. The molecule has 0 aromatic carbocycles. The fraction of sp³-hybridized carbons (Fsp3) is 0.308. The van der Waals surface area contributed by atoms with E-state index in [1.54, 1.807) is 18.7 Å². The molecule has 2 aromatic rings. The van der Waals surface area contributed by atoms with E-state index in [1.807, 2.05) is 12.3 Å². The van der Waals surface area contributed by atoms with Crippen molar-refractivity contribution in [1.29, 1.82) is 0 Å². The number of piperazine rings is 1. The number of rotatable bonds is 2. The van der Waals surface area contributed by atoms with Gasteiger partial charge >= 0.3 is 0 Å². The fourth-order valence-corrected chi connectivity index (χ4v) is 3.03. The van der Waals surface area contributed by atoms with Gasteiger partial charge < -0.3 is 15.5 Å². The highest BCUT2D eigenvalue weighted by Gasteiger charge is 2.20. The van der Waals surface area contributed by atoms with Gasteiger partial charge in [0.05, 0.1) is 21.1 Å². The minimum atomic E-state index is 0.734. The Morgan fingerprint density at radius 1 is 1.05 bits per heavy atom. The van der Waals surface area contributed by atoms with Gasteiger partial charge in [-0.2, -0.15) is 0 Å². The zero-order valence-corrected chi connectivity index (χ0v) is 13.1. The molecule has 3 rings (SSSR count). The lowest BCUT2D eigenvalue weighted by atomic mass is 10.2. The van der Waals surface area contributed by atoms with Crippen LogP contribution in [0, 0.1) is 3.57 Å². The monoisotopic (exact) mass is 382 g/mol. The number of halogens is 1. The maximum absolute atomic E-state index is 5.98. The van der Waals surface area contributed by atoms with E-state index in [0.29, 0.717) is 0 Å². The first-order valence-electron chi connectivity index (χ1n) is 6.40. The van der Waals surface area contributed by atoms with Crippen LogP contribution in [0.1, 0.15) is 0 Å². The number of hydrogen-bond donors (Lipinski definition) is 1. The van der Waals surface area contributed by atoms with Gasteiger partial charge in [-0.1, -0.05) is 0 Å². The molecule has 0 atom stereocenters. The summed E-state index contributed by atoms with van der Waals surface area (Å²) >= 11 is 2.28. The van der Waals surface area contributed by atoms with Crippen molar-refractivity contribution in [2.75, 3.05) is 41.7 Å². The van der Waals surface area contributed by atoms with Gasteiger partial charge in [-0.3, -0.25) is 4.98 Å². The molecule has 3 heterocycles. The average Bonchev–Trinajstić information content (AvgIpc) is 2.49. The first kappa shape index (κ1) is 13.3. The minimum absolute atomic E-state index is 0.734. The smallest absolute Gasteiger partial charge is 0.145 e. The number of nitrogen functional groups attached to an aromatic ring is 1. The fourth-order valence-electron chi connectivity index (χ4n) is 2.39. The van der Waals surface area contributed by atoms with E-state index in [4.69, 9.17) is 5.73 Å². The standard InChI is InChI=1S/C13H15IN6/c14-10-7-17-9-18-13(10)20-5-3-19(4-6-20)12-1-2-16-8-11(12)15/h1-2,7-9H,3-6,15H2. The van der Waals surface area contributed by atoms with E-state index in [2.05, 4.69) is 47.3 Å². The SMILES string of the molecule is Nc1cnccc1N1CCN(c2ncncc2I)CC1. The Kier molecular flexibility index (Phi) is 3.86. The summed E-state index contributed by atoms with van der Waals surface area (Å²) in [6.45, 7) is 3.70. The van der Waals surface area contributed by atoms with Crippen molar-refractivity contribution in [3.05, 3.63) is 34.6 Å². The van der Waals surface area contributed by atoms with Crippen LogP contribution in [0.25, 0.3) is 0 Å². The first-order chi connectivity index (χ1) is 9.75. The number of aromatic nitrogens is 3. The van der Waals surface area contributed by atoms with Gasteiger partial charge in [-0.15, -0.1) is 0 Å². The maximum atomic E-state index is 5.98. The van der Waals surface area contributed by atoms with Gasteiger partial charge in [0.15, 0.2) is 0 Å². The Bertz CT molecular complexity index is 543. The predicted octanol–water partition coefficient (Wildman–Crippen LogP) is 1.39. The lowest BCUT2D eigenvalue weighted by Gasteiger charge is -2.37. The molecule has 0 aliphatic carbocycles. The lowest BCUT2D eigenvalue weighted by Crippen LogP contribution is -2.47. The van der Waals surface area contributed by atoms with E-state index < -0.39 is 0 Å². The summed E-state index contributed by atoms with van der Waals surface area (Å²) in [4.78, 5) is 17.0. The molecular formula is C13H15IN6. The molecule has 104 valence electrons. The molecule has 0 spiro atoms. The maximum Gasteiger partial charge on any atom is 0.145 e. The number of nitrogens with two attached hydrogens (primary N) is 1. The Morgan fingerprint density at radius 3 is 2.50 bits per heavy atom. The van der Waals surface area contributed by atoms with E-state index in [1.165, 1.54) is 0 Å². The lowest BCUT2D eigenvalue weighted by molar-refractivity contribution is 0.646. The zero-order valence-electron chi connectivity index (χ0n) is 10.9. The summed E-state index contributed by atoms with van der Waals surface area (Å²) in [5.41, 5.74) is 7.78. The van der Waals surface area contributed by atoms with Gasteiger partial charge in [0.1, 0.15) is 12.1 Å². The highest BCUT2D eigenvalue weighted by Crippen LogP contribution is 2.25. The average molecular weight is 382 g/mol. The van der Waals surface area contributed by atoms with Gasteiger partial charge in [-0.05, 0) is 28.7 Å². The molecule has 6 nitrogen and oxygen atoms in total. The summed E-state index contributed by atoms with van der Waals surface area (Å²) < 4.78 is 1.09. The summed E-state index contributed by atoms with van der Waals surface area (Å²) in [7, 11) is 0.